The molecule has 3 nitrogen and oxygen atoms in total. The van der Waals surface area contributed by atoms with Gasteiger partial charge in [-0.25, -0.2) is 4.98 Å². The van der Waals surface area contributed by atoms with Gasteiger partial charge in [0.25, 0.3) is 0 Å². The summed E-state index contributed by atoms with van der Waals surface area (Å²) in [6.07, 6.45) is 5.41. The molecule has 3 heteroatoms. The highest BCUT2D eigenvalue weighted by Gasteiger charge is 2.04. The van der Waals surface area contributed by atoms with Gasteiger partial charge in [0.05, 0.1) is 6.04 Å². The minimum Gasteiger partial charge on any atom is -0.363 e. The summed E-state index contributed by atoms with van der Waals surface area (Å²) in [5.74, 6) is 0.883. The molecule has 0 bridgehead atoms. The SMILES string of the molecule is CC(Nc1ccccn1)c1cccnc1. The van der Waals surface area contributed by atoms with E-state index in [9.17, 15) is 0 Å². The van der Waals surface area contributed by atoms with Gasteiger partial charge in [-0.1, -0.05) is 12.1 Å². The van der Waals surface area contributed by atoms with E-state index in [0.29, 0.717) is 0 Å². The van der Waals surface area contributed by atoms with Crippen LogP contribution in [0, 0.1) is 0 Å². The minimum absolute atomic E-state index is 0.216. The zero-order chi connectivity index (χ0) is 10.5. The number of hydrogen-bond acceptors (Lipinski definition) is 3. The Morgan fingerprint density at radius 2 is 2.07 bits per heavy atom. The van der Waals surface area contributed by atoms with E-state index in [-0.39, 0.29) is 6.04 Å². The molecule has 15 heavy (non-hydrogen) atoms. The second-order valence-electron chi connectivity index (χ2n) is 3.37. The summed E-state index contributed by atoms with van der Waals surface area (Å²) in [6, 6.07) is 10.0. The quantitative estimate of drug-likeness (QED) is 0.825. The van der Waals surface area contributed by atoms with Crippen molar-refractivity contribution in [3.63, 3.8) is 0 Å². The number of nitrogens with one attached hydrogen (secondary N) is 1. The van der Waals surface area contributed by atoms with Crippen molar-refractivity contribution in [2.24, 2.45) is 0 Å². The average molecular weight is 199 g/mol. The molecule has 1 unspecified atom stereocenters. The van der Waals surface area contributed by atoms with Crippen LogP contribution in [0.25, 0.3) is 0 Å². The lowest BCUT2D eigenvalue weighted by Gasteiger charge is -2.13. The second-order valence-corrected chi connectivity index (χ2v) is 3.37. The lowest BCUT2D eigenvalue weighted by Crippen LogP contribution is -2.07. The highest BCUT2D eigenvalue weighted by Crippen LogP contribution is 2.15. The fourth-order valence-electron chi connectivity index (χ4n) is 1.39. The van der Waals surface area contributed by atoms with Gasteiger partial charge >= 0.3 is 0 Å². The molecule has 0 aliphatic rings. The molecule has 0 saturated heterocycles. The highest BCUT2D eigenvalue weighted by molar-refractivity contribution is 5.36. The van der Waals surface area contributed by atoms with Gasteiger partial charge in [-0.05, 0) is 30.7 Å². The second kappa shape index (κ2) is 4.55. The summed E-state index contributed by atoms with van der Waals surface area (Å²) in [5.41, 5.74) is 1.16. The topological polar surface area (TPSA) is 37.8 Å². The Hall–Kier alpha value is -1.90. The van der Waals surface area contributed by atoms with Gasteiger partial charge in [0.15, 0.2) is 0 Å². The molecule has 0 amide bonds. The molecule has 2 aromatic rings. The van der Waals surface area contributed by atoms with Gasteiger partial charge < -0.3 is 5.32 Å². The molecule has 1 N–H and O–H groups in total. The van der Waals surface area contributed by atoms with E-state index >= 15 is 0 Å². The summed E-state index contributed by atoms with van der Waals surface area (Å²) in [7, 11) is 0. The zero-order valence-corrected chi connectivity index (χ0v) is 8.59. The van der Waals surface area contributed by atoms with Crippen molar-refractivity contribution in [2.45, 2.75) is 13.0 Å². The summed E-state index contributed by atoms with van der Waals surface area (Å²) >= 11 is 0. The molecule has 2 aromatic heterocycles. The molecular formula is C12H13N3. The monoisotopic (exact) mass is 199 g/mol. The molecule has 76 valence electrons. The van der Waals surface area contributed by atoms with Crippen molar-refractivity contribution in [1.82, 2.24) is 9.97 Å². The predicted octanol–water partition coefficient (Wildman–Crippen LogP) is 2.65. The van der Waals surface area contributed by atoms with Crippen molar-refractivity contribution >= 4 is 5.82 Å². The Labute approximate surface area is 89.2 Å². The van der Waals surface area contributed by atoms with Gasteiger partial charge in [0, 0.05) is 18.6 Å². The van der Waals surface area contributed by atoms with Crippen LogP contribution in [0.15, 0.2) is 48.9 Å². The molecule has 0 fully saturated rings. The Bertz CT molecular complexity index is 400. The van der Waals surface area contributed by atoms with Gasteiger partial charge in [-0.2, -0.15) is 0 Å². The van der Waals surface area contributed by atoms with Crippen LogP contribution >= 0.6 is 0 Å². The Morgan fingerprint density at radius 1 is 1.13 bits per heavy atom. The third-order valence-corrected chi connectivity index (χ3v) is 2.21. The van der Waals surface area contributed by atoms with E-state index < -0.39 is 0 Å². The van der Waals surface area contributed by atoms with Crippen molar-refractivity contribution in [3.05, 3.63) is 54.5 Å². The molecule has 0 aliphatic heterocycles. The Kier molecular flexibility index (Phi) is 2.93. The maximum Gasteiger partial charge on any atom is 0.126 e. The number of pyridine rings is 2. The lowest BCUT2D eigenvalue weighted by molar-refractivity contribution is 0.866. The number of rotatable bonds is 3. The molecule has 0 aliphatic carbocycles. The van der Waals surface area contributed by atoms with E-state index in [0.717, 1.165) is 11.4 Å². The van der Waals surface area contributed by atoms with E-state index in [1.54, 1.807) is 12.4 Å². The van der Waals surface area contributed by atoms with E-state index in [2.05, 4.69) is 22.2 Å². The Morgan fingerprint density at radius 3 is 2.73 bits per heavy atom. The maximum absolute atomic E-state index is 4.21. The number of aromatic nitrogens is 2. The summed E-state index contributed by atoms with van der Waals surface area (Å²) in [5, 5.41) is 3.31. The summed E-state index contributed by atoms with van der Waals surface area (Å²) in [6.45, 7) is 2.09. The zero-order valence-electron chi connectivity index (χ0n) is 8.59. The predicted molar refractivity (Wildman–Crippen MR) is 60.5 cm³/mol. The average Bonchev–Trinajstić information content (AvgIpc) is 2.31. The maximum atomic E-state index is 4.21. The lowest BCUT2D eigenvalue weighted by atomic mass is 10.1. The van der Waals surface area contributed by atoms with Crippen molar-refractivity contribution in [2.75, 3.05) is 5.32 Å². The van der Waals surface area contributed by atoms with Crippen molar-refractivity contribution in [1.29, 1.82) is 0 Å². The van der Waals surface area contributed by atoms with E-state index in [1.165, 1.54) is 0 Å². The standard InChI is InChI=1S/C12H13N3/c1-10(11-5-4-7-13-9-11)15-12-6-2-3-8-14-12/h2-10H,1H3,(H,14,15). The van der Waals surface area contributed by atoms with Crippen LogP contribution in [0.1, 0.15) is 18.5 Å². The van der Waals surface area contributed by atoms with Crippen LogP contribution in [0.2, 0.25) is 0 Å². The first-order valence-electron chi connectivity index (χ1n) is 4.94. The molecule has 0 spiro atoms. The van der Waals surface area contributed by atoms with Crippen LogP contribution in [-0.2, 0) is 0 Å². The molecule has 0 aromatic carbocycles. The molecule has 0 saturated carbocycles. The largest absolute Gasteiger partial charge is 0.363 e. The van der Waals surface area contributed by atoms with E-state index in [1.807, 2.05) is 36.5 Å². The van der Waals surface area contributed by atoms with Gasteiger partial charge in [-0.3, -0.25) is 4.98 Å². The first kappa shape index (κ1) is 9.65. The van der Waals surface area contributed by atoms with Gasteiger partial charge in [0.1, 0.15) is 5.82 Å². The molecular weight excluding hydrogens is 186 g/mol. The number of anilines is 1. The normalized spacial score (nSPS) is 12.1. The fraction of sp³-hybridized carbons (Fsp3) is 0.167. The first-order valence-corrected chi connectivity index (χ1v) is 4.94. The number of hydrogen-bond donors (Lipinski definition) is 1. The minimum atomic E-state index is 0.216. The summed E-state index contributed by atoms with van der Waals surface area (Å²) < 4.78 is 0. The van der Waals surface area contributed by atoms with E-state index in [4.69, 9.17) is 0 Å². The van der Waals surface area contributed by atoms with Crippen LogP contribution in [0.4, 0.5) is 5.82 Å². The van der Waals surface area contributed by atoms with Gasteiger partial charge in [-0.15, -0.1) is 0 Å². The smallest absolute Gasteiger partial charge is 0.126 e. The van der Waals surface area contributed by atoms with Crippen LogP contribution in [-0.4, -0.2) is 9.97 Å². The molecule has 1 atom stereocenters. The van der Waals surface area contributed by atoms with Crippen LogP contribution < -0.4 is 5.32 Å². The van der Waals surface area contributed by atoms with Crippen molar-refractivity contribution in [3.8, 4) is 0 Å². The summed E-state index contributed by atoms with van der Waals surface area (Å²) in [4.78, 5) is 8.30. The van der Waals surface area contributed by atoms with Crippen LogP contribution in [0.5, 0.6) is 0 Å². The highest BCUT2D eigenvalue weighted by atomic mass is 15.0. The first-order chi connectivity index (χ1) is 7.36. The van der Waals surface area contributed by atoms with Crippen LogP contribution in [0.3, 0.4) is 0 Å². The van der Waals surface area contributed by atoms with Gasteiger partial charge in [0.2, 0.25) is 0 Å². The van der Waals surface area contributed by atoms with Crippen molar-refractivity contribution < 1.29 is 0 Å². The third-order valence-electron chi connectivity index (χ3n) is 2.21. The Balaban J connectivity index is 2.08. The third kappa shape index (κ3) is 2.53. The fourth-order valence-corrected chi connectivity index (χ4v) is 1.39. The number of nitrogens with zero attached hydrogens (tertiary/aromatic N) is 2. The molecule has 2 rings (SSSR count). The molecule has 2 heterocycles. The molecule has 0 radical (unpaired) electrons.